The lowest BCUT2D eigenvalue weighted by atomic mass is 9.90. The molecule has 2 heterocycles. The molecule has 0 aromatic carbocycles. The van der Waals surface area contributed by atoms with Gasteiger partial charge in [0.05, 0.1) is 11.7 Å². The lowest BCUT2D eigenvalue weighted by molar-refractivity contribution is 0.0579. The van der Waals surface area contributed by atoms with Crippen molar-refractivity contribution in [1.29, 1.82) is 0 Å². The summed E-state index contributed by atoms with van der Waals surface area (Å²) < 4.78 is 5.33. The average molecular weight is 206 g/mol. The van der Waals surface area contributed by atoms with Gasteiger partial charge in [0.15, 0.2) is 0 Å². The number of aromatic nitrogens is 1. The highest BCUT2D eigenvalue weighted by Gasteiger charge is 2.22. The van der Waals surface area contributed by atoms with Crippen molar-refractivity contribution in [3.63, 3.8) is 0 Å². The predicted octanol–water partition coefficient (Wildman–Crippen LogP) is 1.82. The predicted molar refractivity (Wildman–Crippen MR) is 59.4 cm³/mol. The normalized spacial score (nSPS) is 20.1. The molecule has 82 valence electrons. The largest absolute Gasteiger partial charge is 0.381 e. The Balaban J connectivity index is 2.08. The molecule has 0 aliphatic carbocycles. The first-order valence-corrected chi connectivity index (χ1v) is 5.53. The van der Waals surface area contributed by atoms with E-state index in [9.17, 15) is 0 Å². The fraction of sp³-hybridized carbons (Fsp3) is 0.583. The maximum Gasteiger partial charge on any atom is 0.0576 e. The summed E-state index contributed by atoms with van der Waals surface area (Å²) in [6.45, 7) is 3.75. The second-order valence-corrected chi connectivity index (χ2v) is 4.23. The van der Waals surface area contributed by atoms with Crippen molar-refractivity contribution in [1.82, 2.24) is 4.98 Å². The Morgan fingerprint density at radius 1 is 1.47 bits per heavy atom. The fourth-order valence-corrected chi connectivity index (χ4v) is 2.06. The molecule has 1 aromatic heterocycles. The molecule has 2 rings (SSSR count). The van der Waals surface area contributed by atoms with Gasteiger partial charge >= 0.3 is 0 Å². The molecule has 0 spiro atoms. The third kappa shape index (κ3) is 2.55. The van der Waals surface area contributed by atoms with Gasteiger partial charge in [0.2, 0.25) is 0 Å². The number of nitrogens with two attached hydrogens (primary N) is 1. The van der Waals surface area contributed by atoms with E-state index < -0.39 is 0 Å². The number of pyridine rings is 1. The number of hydrogen-bond donors (Lipinski definition) is 1. The first-order valence-electron chi connectivity index (χ1n) is 5.53. The quantitative estimate of drug-likeness (QED) is 0.803. The van der Waals surface area contributed by atoms with Gasteiger partial charge in [-0.05, 0) is 43.4 Å². The minimum absolute atomic E-state index is 0.0637. The molecule has 0 bridgehead atoms. The summed E-state index contributed by atoms with van der Waals surface area (Å²) in [5.74, 6) is 0.521. The highest BCUT2D eigenvalue weighted by Crippen LogP contribution is 2.26. The van der Waals surface area contributed by atoms with Crippen LogP contribution < -0.4 is 5.73 Å². The van der Waals surface area contributed by atoms with Crippen molar-refractivity contribution in [2.45, 2.75) is 25.8 Å². The molecular weight excluding hydrogens is 188 g/mol. The molecule has 15 heavy (non-hydrogen) atoms. The van der Waals surface area contributed by atoms with Crippen LogP contribution in [0.3, 0.4) is 0 Å². The van der Waals surface area contributed by atoms with E-state index in [4.69, 9.17) is 10.5 Å². The summed E-state index contributed by atoms with van der Waals surface area (Å²) >= 11 is 0. The van der Waals surface area contributed by atoms with E-state index in [1.165, 1.54) is 5.56 Å². The maximum atomic E-state index is 6.22. The topological polar surface area (TPSA) is 48.1 Å². The monoisotopic (exact) mass is 206 g/mol. The van der Waals surface area contributed by atoms with Gasteiger partial charge in [-0.25, -0.2) is 0 Å². The smallest absolute Gasteiger partial charge is 0.0576 e. The molecule has 0 unspecified atom stereocenters. The van der Waals surface area contributed by atoms with Gasteiger partial charge < -0.3 is 10.5 Å². The number of hydrogen-bond acceptors (Lipinski definition) is 3. The lowest BCUT2D eigenvalue weighted by Crippen LogP contribution is -2.28. The van der Waals surface area contributed by atoms with Crippen LogP contribution in [0.1, 0.15) is 30.1 Å². The Labute approximate surface area is 90.7 Å². The Bertz CT molecular complexity index is 321. The summed E-state index contributed by atoms with van der Waals surface area (Å²) in [7, 11) is 0. The highest BCUT2D eigenvalue weighted by atomic mass is 16.5. The molecule has 0 saturated carbocycles. The van der Waals surface area contributed by atoms with Gasteiger partial charge in [0.1, 0.15) is 0 Å². The molecule has 1 atom stereocenters. The zero-order valence-corrected chi connectivity index (χ0v) is 9.15. The molecule has 1 aromatic rings. The number of nitrogens with zero attached hydrogens (tertiary/aromatic N) is 1. The van der Waals surface area contributed by atoms with Crippen molar-refractivity contribution in [3.05, 3.63) is 29.6 Å². The van der Waals surface area contributed by atoms with Crippen LogP contribution >= 0.6 is 0 Å². The van der Waals surface area contributed by atoms with Gasteiger partial charge in [0.25, 0.3) is 0 Å². The van der Waals surface area contributed by atoms with Crippen LogP contribution in [0, 0.1) is 12.8 Å². The summed E-state index contributed by atoms with van der Waals surface area (Å²) in [5, 5.41) is 0. The van der Waals surface area contributed by atoms with Crippen LogP contribution in [-0.2, 0) is 4.74 Å². The zero-order chi connectivity index (χ0) is 10.7. The molecule has 2 N–H and O–H groups in total. The minimum atomic E-state index is 0.0637. The van der Waals surface area contributed by atoms with Crippen LogP contribution in [0.5, 0.6) is 0 Å². The average Bonchev–Trinajstić information content (AvgIpc) is 2.29. The molecular formula is C12H18N2O. The first kappa shape index (κ1) is 10.6. The third-order valence-electron chi connectivity index (χ3n) is 3.05. The second kappa shape index (κ2) is 4.73. The van der Waals surface area contributed by atoms with Crippen LogP contribution in [0.15, 0.2) is 18.3 Å². The van der Waals surface area contributed by atoms with E-state index >= 15 is 0 Å². The molecule has 3 heteroatoms. The molecule has 0 amide bonds. The second-order valence-electron chi connectivity index (χ2n) is 4.23. The Morgan fingerprint density at radius 3 is 2.87 bits per heavy atom. The molecule has 3 nitrogen and oxygen atoms in total. The van der Waals surface area contributed by atoms with Gasteiger partial charge in [-0.15, -0.1) is 0 Å². The minimum Gasteiger partial charge on any atom is -0.381 e. The van der Waals surface area contributed by atoms with Gasteiger partial charge in [-0.1, -0.05) is 0 Å². The van der Waals surface area contributed by atoms with Crippen LogP contribution in [-0.4, -0.2) is 18.2 Å². The van der Waals surface area contributed by atoms with E-state index in [1.54, 1.807) is 0 Å². The summed E-state index contributed by atoms with van der Waals surface area (Å²) in [4.78, 5) is 4.35. The molecule has 1 aliphatic rings. The van der Waals surface area contributed by atoms with Gasteiger partial charge in [0, 0.05) is 19.4 Å². The van der Waals surface area contributed by atoms with Gasteiger partial charge in [-0.3, -0.25) is 4.98 Å². The standard InChI is InChI=1S/C12H18N2O/c1-9-2-5-14-11(8-9)12(13)10-3-6-15-7-4-10/h2,5,8,10,12H,3-4,6-7,13H2,1H3/t12-/m1/s1. The van der Waals surface area contributed by atoms with Gasteiger partial charge in [-0.2, -0.15) is 0 Å². The van der Waals surface area contributed by atoms with E-state index in [0.717, 1.165) is 31.7 Å². The maximum absolute atomic E-state index is 6.22. The molecule has 1 aliphatic heterocycles. The summed E-state index contributed by atoms with van der Waals surface area (Å²) in [6, 6.07) is 4.15. The van der Waals surface area contributed by atoms with E-state index in [-0.39, 0.29) is 6.04 Å². The molecule has 1 fully saturated rings. The lowest BCUT2D eigenvalue weighted by Gasteiger charge is -2.27. The molecule has 1 saturated heterocycles. The number of ether oxygens (including phenoxy) is 1. The molecule has 0 radical (unpaired) electrons. The van der Waals surface area contributed by atoms with Crippen molar-refractivity contribution < 1.29 is 4.74 Å². The highest BCUT2D eigenvalue weighted by molar-refractivity contribution is 5.17. The fourth-order valence-electron chi connectivity index (χ4n) is 2.06. The van der Waals surface area contributed by atoms with Crippen LogP contribution in [0.25, 0.3) is 0 Å². The van der Waals surface area contributed by atoms with E-state index in [1.807, 2.05) is 12.3 Å². The van der Waals surface area contributed by atoms with E-state index in [0.29, 0.717) is 5.92 Å². The van der Waals surface area contributed by atoms with Crippen LogP contribution in [0.4, 0.5) is 0 Å². The zero-order valence-electron chi connectivity index (χ0n) is 9.15. The van der Waals surface area contributed by atoms with Crippen LogP contribution in [0.2, 0.25) is 0 Å². The summed E-state index contributed by atoms with van der Waals surface area (Å²) in [6.07, 6.45) is 3.94. The first-order chi connectivity index (χ1) is 7.27. The number of aryl methyl sites for hydroxylation is 1. The van der Waals surface area contributed by atoms with Crippen molar-refractivity contribution in [3.8, 4) is 0 Å². The van der Waals surface area contributed by atoms with Crippen molar-refractivity contribution in [2.24, 2.45) is 11.7 Å². The van der Waals surface area contributed by atoms with E-state index in [2.05, 4.69) is 18.0 Å². The SMILES string of the molecule is Cc1ccnc([C@H](N)C2CCOCC2)c1. The number of rotatable bonds is 2. The van der Waals surface area contributed by atoms with Crippen molar-refractivity contribution in [2.75, 3.05) is 13.2 Å². The summed E-state index contributed by atoms with van der Waals surface area (Å²) in [5.41, 5.74) is 8.46. The van der Waals surface area contributed by atoms with Crippen molar-refractivity contribution >= 4 is 0 Å². The Kier molecular flexibility index (Phi) is 3.34. The Hall–Kier alpha value is -0.930. The third-order valence-corrected chi connectivity index (χ3v) is 3.05. The Morgan fingerprint density at radius 2 is 2.20 bits per heavy atom.